The summed E-state index contributed by atoms with van der Waals surface area (Å²) in [7, 11) is 0. The Bertz CT molecular complexity index is 186. The minimum Gasteiger partial charge on any atom is -0.378 e. The molecule has 1 saturated heterocycles. The predicted molar refractivity (Wildman–Crippen MR) is 59.8 cm³/mol. The highest BCUT2D eigenvalue weighted by molar-refractivity contribution is 4.82. The van der Waals surface area contributed by atoms with Crippen LogP contribution < -0.4 is 5.32 Å². The zero-order chi connectivity index (χ0) is 10.8. The Balaban J connectivity index is 1.82. The molecule has 1 aliphatic heterocycles. The van der Waals surface area contributed by atoms with Gasteiger partial charge in [-0.15, -0.1) is 6.42 Å². The molecule has 86 valence electrons. The quantitative estimate of drug-likeness (QED) is 0.458. The van der Waals surface area contributed by atoms with Gasteiger partial charge < -0.3 is 14.8 Å². The van der Waals surface area contributed by atoms with E-state index in [0.717, 1.165) is 39.3 Å². The summed E-state index contributed by atoms with van der Waals surface area (Å²) in [6.07, 6.45) is 5.04. The van der Waals surface area contributed by atoms with E-state index in [0.29, 0.717) is 19.8 Å². The van der Waals surface area contributed by atoms with Crippen LogP contribution in [0.2, 0.25) is 0 Å². The molecule has 1 fully saturated rings. The lowest BCUT2D eigenvalue weighted by Crippen LogP contribution is -2.44. The van der Waals surface area contributed by atoms with Crippen molar-refractivity contribution in [1.82, 2.24) is 10.2 Å². The zero-order valence-corrected chi connectivity index (χ0v) is 9.21. The van der Waals surface area contributed by atoms with Crippen molar-refractivity contribution in [2.75, 3.05) is 59.2 Å². The standard InChI is InChI=1S/C11H20N2O2/c1-2-8-14-10-11-15-9-7-13-5-3-12-4-6-13/h1,12H,3-11H2. The lowest BCUT2D eigenvalue weighted by Gasteiger charge is -2.26. The lowest BCUT2D eigenvalue weighted by molar-refractivity contribution is 0.0473. The highest BCUT2D eigenvalue weighted by Crippen LogP contribution is 1.91. The molecule has 1 rings (SSSR count). The largest absolute Gasteiger partial charge is 0.378 e. The van der Waals surface area contributed by atoms with Crippen LogP contribution in [0.1, 0.15) is 0 Å². The molecular weight excluding hydrogens is 192 g/mol. The van der Waals surface area contributed by atoms with Gasteiger partial charge in [0.25, 0.3) is 0 Å². The number of ether oxygens (including phenoxy) is 2. The molecule has 0 radical (unpaired) electrons. The van der Waals surface area contributed by atoms with Crippen LogP contribution in [0.25, 0.3) is 0 Å². The molecule has 0 bridgehead atoms. The molecule has 0 aromatic rings. The van der Waals surface area contributed by atoms with E-state index in [1.807, 2.05) is 0 Å². The Labute approximate surface area is 91.9 Å². The number of nitrogens with one attached hydrogen (secondary N) is 1. The second-order valence-corrected chi connectivity index (χ2v) is 3.46. The number of piperazine rings is 1. The molecule has 0 atom stereocenters. The van der Waals surface area contributed by atoms with Gasteiger partial charge in [0.2, 0.25) is 0 Å². The Hall–Kier alpha value is -0.600. The van der Waals surface area contributed by atoms with Gasteiger partial charge in [0.1, 0.15) is 6.61 Å². The molecule has 1 heterocycles. The first kappa shape index (κ1) is 12.5. The third kappa shape index (κ3) is 6.47. The number of hydrogen-bond donors (Lipinski definition) is 1. The fourth-order valence-electron chi connectivity index (χ4n) is 1.48. The van der Waals surface area contributed by atoms with Crippen LogP contribution in [0.3, 0.4) is 0 Å². The molecule has 15 heavy (non-hydrogen) atoms. The molecule has 0 spiro atoms. The summed E-state index contributed by atoms with van der Waals surface area (Å²) in [5.41, 5.74) is 0. The monoisotopic (exact) mass is 212 g/mol. The zero-order valence-electron chi connectivity index (χ0n) is 9.21. The minimum atomic E-state index is 0.376. The molecule has 4 nitrogen and oxygen atoms in total. The summed E-state index contributed by atoms with van der Waals surface area (Å²) in [5, 5.41) is 3.32. The maximum Gasteiger partial charge on any atom is 0.107 e. The second-order valence-electron chi connectivity index (χ2n) is 3.46. The fourth-order valence-corrected chi connectivity index (χ4v) is 1.48. The van der Waals surface area contributed by atoms with Crippen molar-refractivity contribution >= 4 is 0 Å². The summed E-state index contributed by atoms with van der Waals surface area (Å²) in [5.74, 6) is 2.42. The summed E-state index contributed by atoms with van der Waals surface area (Å²) >= 11 is 0. The van der Waals surface area contributed by atoms with Gasteiger partial charge in [0.15, 0.2) is 0 Å². The summed E-state index contributed by atoms with van der Waals surface area (Å²) in [6, 6.07) is 0. The van der Waals surface area contributed by atoms with Crippen molar-refractivity contribution in [3.8, 4) is 12.3 Å². The van der Waals surface area contributed by atoms with Gasteiger partial charge in [-0.1, -0.05) is 5.92 Å². The fraction of sp³-hybridized carbons (Fsp3) is 0.818. The normalized spacial score (nSPS) is 17.5. The smallest absolute Gasteiger partial charge is 0.107 e. The van der Waals surface area contributed by atoms with Crippen molar-refractivity contribution in [3.05, 3.63) is 0 Å². The molecule has 0 unspecified atom stereocenters. The van der Waals surface area contributed by atoms with Crippen LogP contribution in [0.4, 0.5) is 0 Å². The van der Waals surface area contributed by atoms with Crippen LogP contribution in [-0.4, -0.2) is 64.1 Å². The Morgan fingerprint density at radius 2 is 1.87 bits per heavy atom. The molecule has 4 heteroatoms. The molecule has 1 N–H and O–H groups in total. The maximum absolute atomic E-state index is 5.43. The van der Waals surface area contributed by atoms with E-state index in [1.165, 1.54) is 0 Å². The van der Waals surface area contributed by atoms with Gasteiger partial charge in [-0.3, -0.25) is 4.90 Å². The highest BCUT2D eigenvalue weighted by Gasteiger charge is 2.07. The topological polar surface area (TPSA) is 33.7 Å². The van der Waals surface area contributed by atoms with E-state index in [4.69, 9.17) is 15.9 Å². The Kier molecular flexibility index (Phi) is 7.22. The average Bonchev–Trinajstić information content (AvgIpc) is 2.29. The van der Waals surface area contributed by atoms with E-state index in [-0.39, 0.29) is 0 Å². The highest BCUT2D eigenvalue weighted by atomic mass is 16.5. The van der Waals surface area contributed by atoms with E-state index in [9.17, 15) is 0 Å². The molecule has 0 amide bonds. The van der Waals surface area contributed by atoms with E-state index < -0.39 is 0 Å². The van der Waals surface area contributed by atoms with Crippen molar-refractivity contribution in [2.45, 2.75) is 0 Å². The van der Waals surface area contributed by atoms with Crippen LogP contribution in [0.5, 0.6) is 0 Å². The predicted octanol–water partition coefficient (Wildman–Crippen LogP) is -0.442. The molecule has 0 aliphatic carbocycles. The molecule has 0 saturated carbocycles. The van der Waals surface area contributed by atoms with Gasteiger partial charge in [0.05, 0.1) is 19.8 Å². The van der Waals surface area contributed by atoms with Crippen molar-refractivity contribution in [2.24, 2.45) is 0 Å². The van der Waals surface area contributed by atoms with Crippen LogP contribution in [-0.2, 0) is 9.47 Å². The lowest BCUT2D eigenvalue weighted by atomic mass is 10.4. The van der Waals surface area contributed by atoms with Gasteiger partial charge in [-0.2, -0.15) is 0 Å². The van der Waals surface area contributed by atoms with Crippen molar-refractivity contribution in [3.63, 3.8) is 0 Å². The summed E-state index contributed by atoms with van der Waals surface area (Å²) < 4.78 is 10.5. The van der Waals surface area contributed by atoms with Crippen LogP contribution in [0.15, 0.2) is 0 Å². The Morgan fingerprint density at radius 3 is 2.60 bits per heavy atom. The SMILES string of the molecule is C#CCOCCOCCN1CCNCC1. The first-order chi connectivity index (χ1) is 7.43. The number of terminal acetylenes is 1. The first-order valence-corrected chi connectivity index (χ1v) is 5.45. The van der Waals surface area contributed by atoms with Crippen LogP contribution >= 0.6 is 0 Å². The molecule has 1 aliphatic rings. The van der Waals surface area contributed by atoms with Gasteiger partial charge in [-0.25, -0.2) is 0 Å². The third-order valence-electron chi connectivity index (χ3n) is 2.32. The van der Waals surface area contributed by atoms with Crippen molar-refractivity contribution < 1.29 is 9.47 Å². The third-order valence-corrected chi connectivity index (χ3v) is 2.32. The number of nitrogens with zero attached hydrogens (tertiary/aromatic N) is 1. The van der Waals surface area contributed by atoms with Gasteiger partial charge in [0, 0.05) is 32.7 Å². The first-order valence-electron chi connectivity index (χ1n) is 5.45. The van der Waals surface area contributed by atoms with Crippen molar-refractivity contribution in [1.29, 1.82) is 0 Å². The number of hydrogen-bond acceptors (Lipinski definition) is 4. The van der Waals surface area contributed by atoms with E-state index in [2.05, 4.69) is 16.1 Å². The number of rotatable bonds is 7. The molecular formula is C11H20N2O2. The van der Waals surface area contributed by atoms with E-state index >= 15 is 0 Å². The minimum absolute atomic E-state index is 0.376. The maximum atomic E-state index is 5.43. The van der Waals surface area contributed by atoms with E-state index in [1.54, 1.807) is 0 Å². The van der Waals surface area contributed by atoms with Gasteiger partial charge in [-0.05, 0) is 0 Å². The Morgan fingerprint density at radius 1 is 1.13 bits per heavy atom. The molecule has 0 aromatic carbocycles. The summed E-state index contributed by atoms with van der Waals surface area (Å²) in [4.78, 5) is 2.40. The van der Waals surface area contributed by atoms with Crippen LogP contribution in [0, 0.1) is 12.3 Å². The molecule has 0 aromatic heterocycles. The van der Waals surface area contributed by atoms with Gasteiger partial charge >= 0.3 is 0 Å². The second kappa shape index (κ2) is 8.69. The summed E-state index contributed by atoms with van der Waals surface area (Å²) in [6.45, 7) is 7.81. The average molecular weight is 212 g/mol.